The first-order chi connectivity index (χ1) is 12.0. The normalized spacial score (nSPS) is 10.3. The molecule has 0 spiro atoms. The van der Waals surface area contributed by atoms with Crippen LogP contribution in [0.4, 0.5) is 5.69 Å². The Morgan fingerprint density at radius 1 is 1.00 bits per heavy atom. The van der Waals surface area contributed by atoms with E-state index in [1.807, 2.05) is 55.5 Å². The summed E-state index contributed by atoms with van der Waals surface area (Å²) >= 11 is 6.21. The van der Waals surface area contributed by atoms with Gasteiger partial charge in [0.05, 0.1) is 18.7 Å². The zero-order chi connectivity index (χ0) is 18.0. The molecule has 2 N–H and O–H groups in total. The average molecular weight is 349 g/mol. The molecule has 0 radical (unpaired) electrons. The van der Waals surface area contributed by atoms with Gasteiger partial charge in [0.15, 0.2) is 0 Å². The van der Waals surface area contributed by atoms with E-state index in [4.69, 9.17) is 22.1 Å². The summed E-state index contributed by atoms with van der Waals surface area (Å²) in [6, 6.07) is 19.2. The van der Waals surface area contributed by atoms with E-state index in [2.05, 4.69) is 6.07 Å². The van der Waals surface area contributed by atoms with Crippen molar-refractivity contribution in [3.8, 4) is 34.1 Å². The number of nitrogens with zero attached hydrogens (tertiary/aromatic N) is 1. The smallest absolute Gasteiger partial charge is 0.118 e. The van der Waals surface area contributed by atoms with Gasteiger partial charge in [0.2, 0.25) is 0 Å². The maximum absolute atomic E-state index is 9.66. The Morgan fingerprint density at radius 3 is 2.36 bits per heavy atom. The molecule has 25 heavy (non-hydrogen) atoms. The molecule has 0 fully saturated rings. The van der Waals surface area contributed by atoms with Crippen molar-refractivity contribution in [3.63, 3.8) is 0 Å². The lowest BCUT2D eigenvalue weighted by molar-refractivity contribution is 0.415. The van der Waals surface area contributed by atoms with Gasteiger partial charge in [-0.25, -0.2) is 0 Å². The second-order valence-corrected chi connectivity index (χ2v) is 6.23. The van der Waals surface area contributed by atoms with Gasteiger partial charge in [-0.3, -0.25) is 0 Å². The Bertz CT molecular complexity index is 972. The molecule has 3 aromatic carbocycles. The van der Waals surface area contributed by atoms with Crippen LogP contribution >= 0.6 is 11.6 Å². The predicted molar refractivity (Wildman–Crippen MR) is 103 cm³/mol. The summed E-state index contributed by atoms with van der Waals surface area (Å²) in [4.78, 5) is 0. The number of hydrogen-bond acceptors (Lipinski definition) is 3. The SMILES string of the molecule is COc1ccc(-c2cc(N)cc(C#N)c2-c2cc(Cl)ccc2C)cc1. The van der Waals surface area contributed by atoms with Crippen LogP contribution < -0.4 is 10.5 Å². The highest BCUT2D eigenvalue weighted by molar-refractivity contribution is 6.31. The quantitative estimate of drug-likeness (QED) is 0.640. The van der Waals surface area contributed by atoms with E-state index >= 15 is 0 Å². The zero-order valence-electron chi connectivity index (χ0n) is 14.0. The van der Waals surface area contributed by atoms with Crippen LogP contribution in [0.5, 0.6) is 5.75 Å². The largest absolute Gasteiger partial charge is 0.497 e. The Labute approximate surface area is 152 Å². The molecule has 0 amide bonds. The van der Waals surface area contributed by atoms with E-state index in [0.29, 0.717) is 16.3 Å². The number of nitrogen functional groups attached to an aromatic ring is 1. The minimum atomic E-state index is 0.524. The van der Waals surface area contributed by atoms with E-state index in [1.54, 1.807) is 13.2 Å². The second kappa shape index (κ2) is 6.88. The average Bonchev–Trinajstić information content (AvgIpc) is 2.63. The summed E-state index contributed by atoms with van der Waals surface area (Å²) in [6.07, 6.45) is 0. The molecule has 4 heteroatoms. The fourth-order valence-electron chi connectivity index (χ4n) is 2.90. The van der Waals surface area contributed by atoms with Crippen molar-refractivity contribution in [1.29, 1.82) is 5.26 Å². The number of ether oxygens (including phenoxy) is 1. The van der Waals surface area contributed by atoms with Crippen molar-refractivity contribution in [3.05, 3.63) is 70.7 Å². The van der Waals surface area contributed by atoms with Crippen molar-refractivity contribution in [2.24, 2.45) is 0 Å². The third-order valence-electron chi connectivity index (χ3n) is 4.15. The molecular formula is C21H17ClN2O. The maximum atomic E-state index is 9.66. The number of halogens is 1. The number of aryl methyl sites for hydroxylation is 1. The van der Waals surface area contributed by atoms with E-state index in [9.17, 15) is 5.26 Å². The molecule has 0 aliphatic carbocycles. The Morgan fingerprint density at radius 2 is 1.72 bits per heavy atom. The molecule has 3 aromatic rings. The van der Waals surface area contributed by atoms with Crippen LogP contribution in [-0.4, -0.2) is 7.11 Å². The first kappa shape index (κ1) is 16.9. The maximum Gasteiger partial charge on any atom is 0.118 e. The van der Waals surface area contributed by atoms with Crippen molar-refractivity contribution in [1.82, 2.24) is 0 Å². The zero-order valence-corrected chi connectivity index (χ0v) is 14.8. The van der Waals surface area contributed by atoms with Crippen molar-refractivity contribution in [2.45, 2.75) is 6.92 Å². The second-order valence-electron chi connectivity index (χ2n) is 5.79. The van der Waals surface area contributed by atoms with Gasteiger partial charge in [-0.05, 0) is 65.6 Å². The lowest BCUT2D eigenvalue weighted by Gasteiger charge is -2.16. The van der Waals surface area contributed by atoms with Gasteiger partial charge < -0.3 is 10.5 Å². The van der Waals surface area contributed by atoms with Gasteiger partial charge >= 0.3 is 0 Å². The number of methoxy groups -OCH3 is 1. The van der Waals surface area contributed by atoms with Crippen LogP contribution in [-0.2, 0) is 0 Å². The summed E-state index contributed by atoms with van der Waals surface area (Å²) in [7, 11) is 1.63. The van der Waals surface area contributed by atoms with Gasteiger partial charge in [-0.2, -0.15) is 5.26 Å². The van der Waals surface area contributed by atoms with E-state index < -0.39 is 0 Å². The van der Waals surface area contributed by atoms with Crippen LogP contribution in [0.3, 0.4) is 0 Å². The molecule has 0 saturated heterocycles. The third-order valence-corrected chi connectivity index (χ3v) is 4.39. The first-order valence-corrected chi connectivity index (χ1v) is 8.16. The lowest BCUT2D eigenvalue weighted by Crippen LogP contribution is -1.96. The minimum Gasteiger partial charge on any atom is -0.497 e. The summed E-state index contributed by atoms with van der Waals surface area (Å²) in [5, 5.41) is 10.3. The summed E-state index contributed by atoms with van der Waals surface area (Å²) in [5.41, 5.74) is 11.8. The molecule has 0 bridgehead atoms. The summed E-state index contributed by atoms with van der Waals surface area (Å²) < 4.78 is 5.23. The van der Waals surface area contributed by atoms with Gasteiger partial charge in [0.1, 0.15) is 5.75 Å². The molecule has 0 heterocycles. The third kappa shape index (κ3) is 3.31. The number of rotatable bonds is 3. The van der Waals surface area contributed by atoms with Crippen molar-refractivity contribution >= 4 is 17.3 Å². The molecule has 3 nitrogen and oxygen atoms in total. The van der Waals surface area contributed by atoms with Gasteiger partial charge in [-0.15, -0.1) is 0 Å². The monoisotopic (exact) mass is 348 g/mol. The highest BCUT2D eigenvalue weighted by Gasteiger charge is 2.16. The molecule has 3 rings (SSSR count). The molecular weight excluding hydrogens is 332 g/mol. The fourth-order valence-corrected chi connectivity index (χ4v) is 3.08. The Balaban J connectivity index is 2.33. The van der Waals surface area contributed by atoms with E-state index in [0.717, 1.165) is 33.6 Å². The van der Waals surface area contributed by atoms with Crippen LogP contribution in [0.25, 0.3) is 22.3 Å². The van der Waals surface area contributed by atoms with Crippen molar-refractivity contribution < 1.29 is 4.74 Å². The van der Waals surface area contributed by atoms with E-state index in [-0.39, 0.29) is 0 Å². The Hall–Kier alpha value is -2.96. The van der Waals surface area contributed by atoms with Gasteiger partial charge in [0, 0.05) is 16.3 Å². The molecule has 0 unspecified atom stereocenters. The lowest BCUT2D eigenvalue weighted by atomic mass is 9.88. The van der Waals surface area contributed by atoms with Crippen molar-refractivity contribution in [2.75, 3.05) is 12.8 Å². The number of nitriles is 1. The predicted octanol–water partition coefficient (Wildman–Crippen LogP) is 5.44. The number of hydrogen-bond donors (Lipinski definition) is 1. The van der Waals surface area contributed by atoms with Gasteiger partial charge in [0.25, 0.3) is 0 Å². The van der Waals surface area contributed by atoms with Crippen LogP contribution in [0.1, 0.15) is 11.1 Å². The molecule has 124 valence electrons. The minimum absolute atomic E-state index is 0.524. The topological polar surface area (TPSA) is 59.0 Å². The Kier molecular flexibility index (Phi) is 4.65. The van der Waals surface area contributed by atoms with Crippen LogP contribution in [0, 0.1) is 18.3 Å². The van der Waals surface area contributed by atoms with Crippen LogP contribution in [0.2, 0.25) is 5.02 Å². The molecule has 0 saturated carbocycles. The number of nitrogens with two attached hydrogens (primary N) is 1. The number of benzene rings is 3. The highest BCUT2D eigenvalue weighted by atomic mass is 35.5. The standard InChI is InChI=1S/C21H17ClN2O/c1-13-3-6-16(22)10-19(13)21-15(12-23)9-17(24)11-20(21)14-4-7-18(25-2)8-5-14/h3-11H,24H2,1-2H3. The first-order valence-electron chi connectivity index (χ1n) is 7.78. The fraction of sp³-hybridized carbons (Fsp3) is 0.0952. The highest BCUT2D eigenvalue weighted by Crippen LogP contribution is 2.39. The summed E-state index contributed by atoms with van der Waals surface area (Å²) in [6.45, 7) is 2.00. The molecule has 0 aliphatic rings. The molecule has 0 atom stereocenters. The summed E-state index contributed by atoms with van der Waals surface area (Å²) in [5.74, 6) is 0.772. The number of anilines is 1. The van der Waals surface area contributed by atoms with E-state index in [1.165, 1.54) is 0 Å². The van der Waals surface area contributed by atoms with Gasteiger partial charge in [-0.1, -0.05) is 29.8 Å². The molecule has 0 aliphatic heterocycles. The van der Waals surface area contributed by atoms with Crippen LogP contribution in [0.15, 0.2) is 54.6 Å². The molecule has 0 aromatic heterocycles.